The molecule has 5 unspecified atom stereocenters. The number of phenols is 1. The van der Waals surface area contributed by atoms with Gasteiger partial charge in [0.15, 0.2) is 0 Å². The van der Waals surface area contributed by atoms with Gasteiger partial charge in [0.05, 0.1) is 12.1 Å². The largest absolute Gasteiger partial charge is 0.508 e. The number of aliphatic hydroxyl groups is 1. The molecular weight excluding hydrogens is 500 g/mol. The van der Waals surface area contributed by atoms with Crippen LogP contribution in [0.4, 0.5) is 0 Å². The number of aromatic hydroxyl groups is 1. The summed E-state index contributed by atoms with van der Waals surface area (Å²) in [6.07, 6.45) is -1.25. The molecule has 2 rings (SSSR count). The fourth-order valence-corrected chi connectivity index (χ4v) is 3.68. The predicted octanol–water partition coefficient (Wildman–Crippen LogP) is -0.646. The molecule has 0 spiro atoms. The van der Waals surface area contributed by atoms with E-state index in [2.05, 4.69) is 28.6 Å². The lowest BCUT2D eigenvalue weighted by Gasteiger charge is -2.26. The Hall–Kier alpha value is -3.61. The molecule has 11 nitrogen and oxygen atoms in total. The van der Waals surface area contributed by atoms with Gasteiger partial charge in [0, 0.05) is 12.2 Å². The first kappa shape index (κ1) is 29.6. The lowest BCUT2D eigenvalue weighted by Crippen LogP contribution is -2.60. The van der Waals surface area contributed by atoms with E-state index >= 15 is 0 Å². The molecule has 200 valence electrons. The van der Waals surface area contributed by atoms with Crippen molar-refractivity contribution in [3.05, 3.63) is 65.7 Å². The minimum atomic E-state index is -1.51. The molecule has 0 aliphatic rings. The third-order valence-corrected chi connectivity index (χ3v) is 5.87. The van der Waals surface area contributed by atoms with Crippen LogP contribution in [0.3, 0.4) is 0 Å². The zero-order valence-corrected chi connectivity index (χ0v) is 21.1. The summed E-state index contributed by atoms with van der Waals surface area (Å²) in [7, 11) is 0. The van der Waals surface area contributed by atoms with E-state index in [9.17, 15) is 34.5 Å². The highest BCUT2D eigenvalue weighted by Crippen LogP contribution is 2.12. The molecule has 0 aliphatic carbocycles. The molecule has 0 fully saturated rings. The van der Waals surface area contributed by atoms with Crippen LogP contribution >= 0.6 is 12.6 Å². The van der Waals surface area contributed by atoms with Crippen LogP contribution in [0.1, 0.15) is 18.1 Å². The second kappa shape index (κ2) is 14.2. The number of hydrogen-bond donors (Lipinski definition) is 8. The van der Waals surface area contributed by atoms with E-state index in [0.717, 1.165) is 5.56 Å². The number of rotatable bonds is 13. The van der Waals surface area contributed by atoms with Crippen molar-refractivity contribution >= 4 is 36.3 Å². The fourth-order valence-electron chi connectivity index (χ4n) is 3.42. The summed E-state index contributed by atoms with van der Waals surface area (Å²) in [5.74, 6) is -3.78. The zero-order valence-electron chi connectivity index (χ0n) is 20.2. The molecule has 0 aromatic heterocycles. The van der Waals surface area contributed by atoms with Crippen molar-refractivity contribution in [1.29, 1.82) is 0 Å². The van der Waals surface area contributed by atoms with Gasteiger partial charge >= 0.3 is 5.97 Å². The number of phenolic OH excluding ortho intramolecular Hbond substituents is 1. The Morgan fingerprint density at radius 2 is 1.41 bits per heavy atom. The molecular formula is C25H32N4O7S. The standard InChI is InChI=1S/C25H32N4O7S/c1-14(30)21(24(34)27-19(25(35)36)12-16-7-9-17(31)10-8-16)29-23(33)20(13-37)28-22(32)18(26)11-15-5-3-2-4-6-15/h2-10,14,18-21,30-31,37H,11-13,26H2,1H3,(H,27,34)(H,28,32)(H,29,33)(H,35,36). The van der Waals surface area contributed by atoms with Crippen molar-refractivity contribution < 1.29 is 34.5 Å². The van der Waals surface area contributed by atoms with Crippen LogP contribution in [0.2, 0.25) is 0 Å². The van der Waals surface area contributed by atoms with Gasteiger partial charge in [-0.15, -0.1) is 0 Å². The molecule has 0 aliphatic heterocycles. The van der Waals surface area contributed by atoms with Gasteiger partial charge in [0.25, 0.3) is 0 Å². The van der Waals surface area contributed by atoms with E-state index in [-0.39, 0.29) is 24.3 Å². The van der Waals surface area contributed by atoms with Crippen molar-refractivity contribution in [2.45, 2.75) is 50.0 Å². The first-order valence-electron chi connectivity index (χ1n) is 11.5. The lowest BCUT2D eigenvalue weighted by molar-refractivity contribution is -0.143. The number of hydrogen-bond acceptors (Lipinski definition) is 8. The SMILES string of the molecule is CC(O)C(NC(=O)C(CS)NC(=O)C(N)Cc1ccccc1)C(=O)NC(Cc1ccc(O)cc1)C(=O)O. The van der Waals surface area contributed by atoms with Crippen molar-refractivity contribution in [1.82, 2.24) is 16.0 Å². The van der Waals surface area contributed by atoms with Gasteiger partial charge in [-0.1, -0.05) is 42.5 Å². The third kappa shape index (κ3) is 9.41. The maximum Gasteiger partial charge on any atom is 0.326 e. The van der Waals surface area contributed by atoms with Crippen LogP contribution in [0.15, 0.2) is 54.6 Å². The van der Waals surface area contributed by atoms with Crippen molar-refractivity contribution in [3.8, 4) is 5.75 Å². The first-order chi connectivity index (χ1) is 17.5. The molecule has 2 aromatic rings. The molecule has 2 aromatic carbocycles. The molecule has 8 N–H and O–H groups in total. The van der Waals surface area contributed by atoms with E-state index in [1.54, 1.807) is 0 Å². The van der Waals surface area contributed by atoms with Gasteiger partial charge < -0.3 is 37.0 Å². The summed E-state index contributed by atoms with van der Waals surface area (Å²) < 4.78 is 0. The second-order valence-corrected chi connectivity index (χ2v) is 8.90. The normalized spacial score (nSPS) is 14.9. The molecule has 0 radical (unpaired) electrons. The van der Waals surface area contributed by atoms with Crippen LogP contribution in [0.5, 0.6) is 5.75 Å². The molecule has 5 atom stereocenters. The highest BCUT2D eigenvalue weighted by molar-refractivity contribution is 7.80. The summed E-state index contributed by atoms with van der Waals surface area (Å²) in [6.45, 7) is 1.25. The fraction of sp³-hybridized carbons (Fsp3) is 0.360. The molecule has 3 amide bonds. The molecule has 0 heterocycles. The highest BCUT2D eigenvalue weighted by Gasteiger charge is 2.32. The van der Waals surface area contributed by atoms with Crippen LogP contribution in [-0.4, -0.2) is 75.0 Å². The van der Waals surface area contributed by atoms with Crippen molar-refractivity contribution in [3.63, 3.8) is 0 Å². The first-order valence-corrected chi connectivity index (χ1v) is 12.1. The van der Waals surface area contributed by atoms with Crippen LogP contribution in [0.25, 0.3) is 0 Å². The number of aliphatic hydroxyl groups excluding tert-OH is 1. The Balaban J connectivity index is 2.02. The van der Waals surface area contributed by atoms with E-state index in [4.69, 9.17) is 5.73 Å². The number of thiol groups is 1. The summed E-state index contributed by atoms with van der Waals surface area (Å²) >= 11 is 4.09. The Morgan fingerprint density at radius 1 is 0.838 bits per heavy atom. The number of nitrogens with one attached hydrogen (secondary N) is 3. The van der Waals surface area contributed by atoms with E-state index in [0.29, 0.717) is 5.56 Å². The molecule has 0 saturated heterocycles. The summed E-state index contributed by atoms with van der Waals surface area (Å²) in [4.78, 5) is 49.9. The van der Waals surface area contributed by atoms with Gasteiger partial charge in [-0.05, 0) is 36.6 Å². The predicted molar refractivity (Wildman–Crippen MR) is 139 cm³/mol. The Bertz CT molecular complexity index is 1070. The number of aliphatic carboxylic acids is 1. The number of carbonyl (C=O) groups is 4. The third-order valence-electron chi connectivity index (χ3n) is 5.50. The zero-order chi connectivity index (χ0) is 27.5. The maximum absolute atomic E-state index is 12.8. The number of amides is 3. The van der Waals surface area contributed by atoms with Crippen molar-refractivity contribution in [2.75, 3.05) is 5.75 Å². The maximum atomic E-state index is 12.8. The molecule has 37 heavy (non-hydrogen) atoms. The monoisotopic (exact) mass is 532 g/mol. The molecule has 0 bridgehead atoms. The molecule has 0 saturated carbocycles. The Labute approximate surface area is 219 Å². The lowest BCUT2D eigenvalue weighted by atomic mass is 10.0. The summed E-state index contributed by atoms with van der Waals surface area (Å²) in [5, 5.41) is 36.2. The number of carbonyl (C=O) groups excluding carboxylic acids is 3. The van der Waals surface area contributed by atoms with Gasteiger partial charge in [-0.2, -0.15) is 12.6 Å². The topological polar surface area (TPSA) is 191 Å². The summed E-state index contributed by atoms with van der Waals surface area (Å²) in [5.41, 5.74) is 7.33. The Morgan fingerprint density at radius 3 is 1.95 bits per heavy atom. The van der Waals surface area contributed by atoms with Crippen LogP contribution in [-0.2, 0) is 32.0 Å². The van der Waals surface area contributed by atoms with Crippen molar-refractivity contribution in [2.24, 2.45) is 5.73 Å². The molecule has 12 heteroatoms. The Kier molecular flexibility index (Phi) is 11.4. The smallest absolute Gasteiger partial charge is 0.326 e. The number of carboxylic acids is 1. The highest BCUT2D eigenvalue weighted by atomic mass is 32.1. The minimum absolute atomic E-state index is 0.00315. The second-order valence-electron chi connectivity index (χ2n) is 8.54. The number of carboxylic acid groups (broad SMARTS) is 1. The van der Waals surface area contributed by atoms with Crippen LogP contribution < -0.4 is 21.7 Å². The average Bonchev–Trinajstić information content (AvgIpc) is 2.86. The van der Waals surface area contributed by atoms with Gasteiger partial charge in [-0.25, -0.2) is 4.79 Å². The van der Waals surface area contributed by atoms with Crippen LogP contribution in [0, 0.1) is 0 Å². The van der Waals surface area contributed by atoms with Gasteiger partial charge in [-0.3, -0.25) is 14.4 Å². The minimum Gasteiger partial charge on any atom is -0.508 e. The number of benzene rings is 2. The average molecular weight is 533 g/mol. The van der Waals surface area contributed by atoms with E-state index in [1.165, 1.54) is 31.2 Å². The van der Waals surface area contributed by atoms with E-state index < -0.39 is 54.0 Å². The number of nitrogens with two attached hydrogens (primary N) is 1. The quantitative estimate of drug-likeness (QED) is 0.156. The van der Waals surface area contributed by atoms with Gasteiger partial charge in [0.1, 0.15) is 23.9 Å². The van der Waals surface area contributed by atoms with Gasteiger partial charge in [0.2, 0.25) is 17.7 Å². The van der Waals surface area contributed by atoms with E-state index in [1.807, 2.05) is 30.3 Å². The summed E-state index contributed by atoms with van der Waals surface area (Å²) in [6, 6.07) is 9.87.